The molecule has 10 heteroatoms. The molecule has 156 valence electrons. The Morgan fingerprint density at radius 1 is 1.17 bits per heavy atom. The summed E-state index contributed by atoms with van der Waals surface area (Å²) in [5, 5.41) is 2.74. The zero-order chi connectivity index (χ0) is 20.8. The minimum atomic E-state index is -0.381. The minimum absolute atomic E-state index is 0.253. The van der Waals surface area contributed by atoms with E-state index in [4.69, 9.17) is 9.47 Å². The van der Waals surface area contributed by atoms with Gasteiger partial charge in [-0.05, 0) is 19.9 Å². The number of anilines is 3. The summed E-state index contributed by atoms with van der Waals surface area (Å²) in [6, 6.07) is 3.51. The number of amides is 1. The molecule has 1 N–H and O–H groups in total. The number of nitrogens with one attached hydrogen (secondary N) is 1. The van der Waals surface area contributed by atoms with Crippen molar-refractivity contribution in [3.63, 3.8) is 0 Å². The molecule has 1 amide bonds. The van der Waals surface area contributed by atoms with Gasteiger partial charge in [-0.3, -0.25) is 10.1 Å². The summed E-state index contributed by atoms with van der Waals surface area (Å²) in [4.78, 5) is 34.5. The Balaban J connectivity index is 1.89. The first-order valence-corrected chi connectivity index (χ1v) is 9.52. The first-order valence-electron chi connectivity index (χ1n) is 9.52. The Morgan fingerprint density at radius 2 is 1.86 bits per heavy atom. The molecule has 0 saturated carbocycles. The molecule has 29 heavy (non-hydrogen) atoms. The van der Waals surface area contributed by atoms with E-state index in [2.05, 4.69) is 25.3 Å². The Kier molecular flexibility index (Phi) is 6.89. The van der Waals surface area contributed by atoms with Crippen LogP contribution in [-0.4, -0.2) is 79.5 Å². The molecule has 0 aliphatic carbocycles. The van der Waals surface area contributed by atoms with Gasteiger partial charge in [0.1, 0.15) is 11.5 Å². The smallest absolute Gasteiger partial charge is 0.276 e. The number of carbonyl (C=O) groups is 1. The third kappa shape index (κ3) is 5.58. The molecule has 0 aromatic carbocycles. The van der Waals surface area contributed by atoms with Crippen molar-refractivity contribution in [1.29, 1.82) is 0 Å². The number of rotatable bonds is 7. The highest BCUT2D eigenvalue weighted by molar-refractivity contribution is 6.02. The number of hydrogen-bond acceptors (Lipinski definition) is 9. The maximum Gasteiger partial charge on any atom is 0.276 e. The summed E-state index contributed by atoms with van der Waals surface area (Å²) < 4.78 is 10.6. The lowest BCUT2D eigenvalue weighted by Crippen LogP contribution is -2.38. The van der Waals surface area contributed by atoms with Crippen molar-refractivity contribution in [3.05, 3.63) is 29.2 Å². The average molecular weight is 401 g/mol. The average Bonchev–Trinajstić information content (AvgIpc) is 2.71. The van der Waals surface area contributed by atoms with Crippen molar-refractivity contribution in [2.75, 3.05) is 68.7 Å². The van der Waals surface area contributed by atoms with Gasteiger partial charge in [-0.25, -0.2) is 15.0 Å². The zero-order valence-electron chi connectivity index (χ0n) is 17.3. The second kappa shape index (κ2) is 9.57. The van der Waals surface area contributed by atoms with Crippen molar-refractivity contribution in [2.45, 2.75) is 13.8 Å². The molecule has 2 aromatic rings. The first-order chi connectivity index (χ1) is 14.0. The van der Waals surface area contributed by atoms with Crippen molar-refractivity contribution in [2.24, 2.45) is 0 Å². The second-order valence-corrected chi connectivity index (χ2v) is 6.85. The van der Waals surface area contributed by atoms with E-state index in [1.165, 1.54) is 0 Å². The molecule has 2 aromatic heterocycles. The number of carbonyl (C=O) groups excluding carboxylic acids is 1. The lowest BCUT2D eigenvalue weighted by molar-refractivity contribution is 0.102. The summed E-state index contributed by atoms with van der Waals surface area (Å²) >= 11 is 0. The highest BCUT2D eigenvalue weighted by Gasteiger charge is 2.20. The summed E-state index contributed by atoms with van der Waals surface area (Å²) in [7, 11) is 3.55. The van der Waals surface area contributed by atoms with Gasteiger partial charge in [0.15, 0.2) is 0 Å². The normalized spacial score (nSPS) is 14.0. The second-order valence-electron chi connectivity index (χ2n) is 6.85. The van der Waals surface area contributed by atoms with Gasteiger partial charge < -0.3 is 19.3 Å². The predicted octanol–water partition coefficient (Wildman–Crippen LogP) is 1.05. The van der Waals surface area contributed by atoms with Crippen molar-refractivity contribution >= 4 is 23.6 Å². The predicted molar refractivity (Wildman–Crippen MR) is 110 cm³/mol. The van der Waals surface area contributed by atoms with Crippen LogP contribution in [0.4, 0.5) is 17.7 Å². The van der Waals surface area contributed by atoms with Crippen LogP contribution in [0.3, 0.4) is 0 Å². The third-order valence-corrected chi connectivity index (χ3v) is 4.46. The third-order valence-electron chi connectivity index (χ3n) is 4.46. The van der Waals surface area contributed by atoms with Gasteiger partial charge in [-0.15, -0.1) is 0 Å². The first kappa shape index (κ1) is 20.9. The highest BCUT2D eigenvalue weighted by atomic mass is 16.5. The fourth-order valence-electron chi connectivity index (χ4n) is 2.93. The largest absolute Gasteiger partial charge is 0.383 e. The van der Waals surface area contributed by atoms with E-state index >= 15 is 0 Å². The van der Waals surface area contributed by atoms with E-state index in [0.717, 1.165) is 11.4 Å². The number of aromatic nitrogens is 4. The van der Waals surface area contributed by atoms with Gasteiger partial charge in [-0.2, -0.15) is 4.98 Å². The van der Waals surface area contributed by atoms with Crippen LogP contribution in [0.15, 0.2) is 12.1 Å². The number of aryl methyl sites for hydroxylation is 2. The quantitative estimate of drug-likeness (QED) is 0.729. The number of likely N-dealkylation sites (N-methyl/N-ethyl adjacent to an activating group) is 1. The van der Waals surface area contributed by atoms with E-state index in [1.54, 1.807) is 13.2 Å². The molecular weight excluding hydrogens is 374 g/mol. The van der Waals surface area contributed by atoms with E-state index in [-0.39, 0.29) is 17.5 Å². The Morgan fingerprint density at radius 3 is 2.52 bits per heavy atom. The Hall–Kier alpha value is -2.85. The molecule has 1 fully saturated rings. The van der Waals surface area contributed by atoms with E-state index in [1.807, 2.05) is 36.8 Å². The Labute approximate surface area is 170 Å². The lowest BCUT2D eigenvalue weighted by Gasteiger charge is -2.28. The minimum Gasteiger partial charge on any atom is -0.383 e. The van der Waals surface area contributed by atoms with Crippen LogP contribution in [0.1, 0.15) is 21.9 Å². The number of methoxy groups -OCH3 is 1. The number of ether oxygens (including phenoxy) is 2. The maximum absolute atomic E-state index is 12.9. The standard InChI is InChI=1S/C19H27N7O3/c1-13-11-14(2)21-18(20-13)24-17(27)15-12-16(25(3)5-8-28-4)23-19(22-15)26-6-9-29-10-7-26/h11-12H,5-10H2,1-4H3,(H,20,21,24,27). The lowest BCUT2D eigenvalue weighted by atomic mass is 10.3. The summed E-state index contributed by atoms with van der Waals surface area (Å²) in [6.45, 7) is 7.44. The van der Waals surface area contributed by atoms with Crippen LogP contribution in [-0.2, 0) is 9.47 Å². The zero-order valence-corrected chi connectivity index (χ0v) is 17.3. The molecule has 3 rings (SSSR count). The van der Waals surface area contributed by atoms with Gasteiger partial charge in [0, 0.05) is 51.2 Å². The fraction of sp³-hybridized carbons (Fsp3) is 0.526. The van der Waals surface area contributed by atoms with Crippen molar-refractivity contribution in [1.82, 2.24) is 19.9 Å². The fourth-order valence-corrected chi connectivity index (χ4v) is 2.93. The van der Waals surface area contributed by atoms with Crippen LogP contribution < -0.4 is 15.1 Å². The molecule has 10 nitrogen and oxygen atoms in total. The molecule has 1 aliphatic rings. The van der Waals surface area contributed by atoms with E-state index in [0.29, 0.717) is 51.2 Å². The summed E-state index contributed by atoms with van der Waals surface area (Å²) in [6.07, 6.45) is 0. The SMILES string of the molecule is COCCN(C)c1cc(C(=O)Nc2nc(C)cc(C)n2)nc(N2CCOCC2)n1. The van der Waals surface area contributed by atoms with Gasteiger partial charge >= 0.3 is 0 Å². The molecular formula is C19H27N7O3. The van der Waals surface area contributed by atoms with Crippen molar-refractivity contribution in [3.8, 4) is 0 Å². The number of hydrogen-bond donors (Lipinski definition) is 1. The summed E-state index contributed by atoms with van der Waals surface area (Å²) in [5.74, 6) is 1.02. The van der Waals surface area contributed by atoms with Gasteiger partial charge in [0.25, 0.3) is 5.91 Å². The van der Waals surface area contributed by atoms with Gasteiger partial charge in [0.2, 0.25) is 11.9 Å². The highest BCUT2D eigenvalue weighted by Crippen LogP contribution is 2.19. The van der Waals surface area contributed by atoms with Crippen molar-refractivity contribution < 1.29 is 14.3 Å². The molecule has 1 aliphatic heterocycles. The van der Waals surface area contributed by atoms with Crippen LogP contribution >= 0.6 is 0 Å². The molecule has 0 unspecified atom stereocenters. The van der Waals surface area contributed by atoms with Crippen LogP contribution in [0.25, 0.3) is 0 Å². The monoisotopic (exact) mass is 401 g/mol. The topological polar surface area (TPSA) is 106 Å². The number of morpholine rings is 1. The summed E-state index contributed by atoms with van der Waals surface area (Å²) in [5.41, 5.74) is 1.82. The molecule has 3 heterocycles. The molecule has 0 spiro atoms. The van der Waals surface area contributed by atoms with Crippen LogP contribution in [0, 0.1) is 13.8 Å². The van der Waals surface area contributed by atoms with Crippen LogP contribution in [0.2, 0.25) is 0 Å². The van der Waals surface area contributed by atoms with Crippen LogP contribution in [0.5, 0.6) is 0 Å². The maximum atomic E-state index is 12.9. The Bertz CT molecular complexity index is 835. The van der Waals surface area contributed by atoms with E-state index < -0.39 is 0 Å². The molecule has 1 saturated heterocycles. The van der Waals surface area contributed by atoms with Gasteiger partial charge in [0.05, 0.1) is 19.8 Å². The van der Waals surface area contributed by atoms with Gasteiger partial charge in [-0.1, -0.05) is 0 Å². The molecule has 0 bridgehead atoms. The molecule has 0 radical (unpaired) electrons. The molecule has 0 atom stereocenters. The number of nitrogens with zero attached hydrogens (tertiary/aromatic N) is 6. The van der Waals surface area contributed by atoms with E-state index in [9.17, 15) is 4.79 Å².